The topological polar surface area (TPSA) is 60.0 Å². The Morgan fingerprint density at radius 2 is 1.77 bits per heavy atom. The summed E-state index contributed by atoms with van der Waals surface area (Å²) in [4.78, 5) is 16.9. The molecule has 3 aromatic rings. The van der Waals surface area contributed by atoms with Gasteiger partial charge in [-0.1, -0.05) is 12.1 Å². The van der Waals surface area contributed by atoms with Gasteiger partial charge in [-0.15, -0.1) is 11.3 Å². The smallest absolute Gasteiger partial charge is 0.265 e. The van der Waals surface area contributed by atoms with Crippen molar-refractivity contribution in [3.8, 4) is 21.9 Å². The first kappa shape index (κ1) is 20.1. The van der Waals surface area contributed by atoms with Crippen molar-refractivity contribution in [2.75, 3.05) is 44.8 Å². The normalized spacial score (nSPS) is 16.1. The van der Waals surface area contributed by atoms with Gasteiger partial charge in [0.25, 0.3) is 5.91 Å². The maximum Gasteiger partial charge on any atom is 0.265 e. The average molecular weight is 437 g/mol. The molecule has 1 fully saturated rings. The van der Waals surface area contributed by atoms with Crippen LogP contribution in [0.15, 0.2) is 54.6 Å². The maximum absolute atomic E-state index is 12.8. The number of carbonyl (C=O) groups is 1. The molecule has 1 saturated heterocycles. The Kier molecular flexibility index (Phi) is 5.88. The van der Waals surface area contributed by atoms with Gasteiger partial charge in [-0.25, -0.2) is 0 Å². The Labute approximate surface area is 185 Å². The molecular formula is C24H24N2O4S. The minimum atomic E-state index is -0.0997. The minimum Gasteiger partial charge on any atom is -0.486 e. The lowest BCUT2D eigenvalue weighted by atomic mass is 10.1. The van der Waals surface area contributed by atoms with Gasteiger partial charge in [-0.3, -0.25) is 9.69 Å². The molecule has 2 aliphatic rings. The standard InChI is InChI=1S/C24H24N2O4S/c27-24(25-19-3-1-2-17(14-19)16-26-8-10-28-11-9-26)23-7-6-22(31-23)18-4-5-20-21(15-18)30-13-12-29-20/h1-7,14-15H,8-13,16H2,(H,25,27). The SMILES string of the molecule is O=C(Nc1cccc(CN2CCOCC2)c1)c1ccc(-c2ccc3c(c2)OCCO3)s1. The van der Waals surface area contributed by atoms with Crippen molar-refractivity contribution >= 4 is 22.9 Å². The second-order valence-corrected chi connectivity index (χ2v) is 8.65. The number of ether oxygens (including phenoxy) is 3. The van der Waals surface area contributed by atoms with Gasteiger partial charge in [0, 0.05) is 30.2 Å². The van der Waals surface area contributed by atoms with Crippen molar-refractivity contribution < 1.29 is 19.0 Å². The Balaban J connectivity index is 1.26. The van der Waals surface area contributed by atoms with E-state index >= 15 is 0 Å². The molecule has 3 heterocycles. The summed E-state index contributed by atoms with van der Waals surface area (Å²) in [6.45, 7) is 5.42. The highest BCUT2D eigenvalue weighted by atomic mass is 32.1. The fourth-order valence-corrected chi connectivity index (χ4v) is 4.67. The number of benzene rings is 2. The molecule has 0 radical (unpaired) electrons. The lowest BCUT2D eigenvalue weighted by Gasteiger charge is -2.26. The van der Waals surface area contributed by atoms with Crippen molar-refractivity contribution in [2.45, 2.75) is 6.54 Å². The van der Waals surface area contributed by atoms with Crippen LogP contribution in [0.5, 0.6) is 11.5 Å². The molecule has 0 atom stereocenters. The van der Waals surface area contributed by atoms with E-state index in [9.17, 15) is 4.79 Å². The van der Waals surface area contributed by atoms with Crippen LogP contribution >= 0.6 is 11.3 Å². The Morgan fingerprint density at radius 1 is 0.935 bits per heavy atom. The Bertz CT molecular complexity index is 1070. The van der Waals surface area contributed by atoms with E-state index in [0.29, 0.717) is 18.1 Å². The number of nitrogens with zero attached hydrogens (tertiary/aromatic N) is 1. The average Bonchev–Trinajstić information content (AvgIpc) is 3.30. The van der Waals surface area contributed by atoms with Gasteiger partial charge in [0.2, 0.25) is 0 Å². The van der Waals surface area contributed by atoms with Gasteiger partial charge in [0.05, 0.1) is 18.1 Å². The Hall–Kier alpha value is -2.87. The van der Waals surface area contributed by atoms with Gasteiger partial charge >= 0.3 is 0 Å². The molecule has 2 aromatic carbocycles. The number of hydrogen-bond acceptors (Lipinski definition) is 6. The van der Waals surface area contributed by atoms with Crippen molar-refractivity contribution in [1.82, 2.24) is 4.90 Å². The maximum atomic E-state index is 12.8. The number of fused-ring (bicyclic) bond motifs is 1. The molecule has 2 aliphatic heterocycles. The molecule has 7 heteroatoms. The molecule has 160 valence electrons. The third-order valence-electron chi connectivity index (χ3n) is 5.35. The predicted octanol–water partition coefficient (Wildman–Crippen LogP) is 4.27. The Morgan fingerprint density at radius 3 is 2.65 bits per heavy atom. The number of morpholine rings is 1. The molecule has 0 saturated carbocycles. The van der Waals surface area contributed by atoms with E-state index < -0.39 is 0 Å². The van der Waals surface area contributed by atoms with E-state index in [1.165, 1.54) is 16.9 Å². The molecule has 31 heavy (non-hydrogen) atoms. The van der Waals surface area contributed by atoms with Gasteiger partial charge in [0.15, 0.2) is 11.5 Å². The van der Waals surface area contributed by atoms with Gasteiger partial charge < -0.3 is 19.5 Å². The summed E-state index contributed by atoms with van der Waals surface area (Å²) in [7, 11) is 0. The zero-order valence-corrected chi connectivity index (χ0v) is 18.0. The monoisotopic (exact) mass is 436 g/mol. The number of anilines is 1. The third-order valence-corrected chi connectivity index (χ3v) is 6.48. The summed E-state index contributed by atoms with van der Waals surface area (Å²) in [6, 6.07) is 17.8. The van der Waals surface area contributed by atoms with Crippen LogP contribution in [0, 0.1) is 0 Å². The number of rotatable bonds is 5. The highest BCUT2D eigenvalue weighted by molar-refractivity contribution is 7.17. The van der Waals surface area contributed by atoms with Crippen LogP contribution in [0.4, 0.5) is 5.69 Å². The van der Waals surface area contributed by atoms with E-state index in [1.54, 1.807) is 0 Å². The molecule has 0 unspecified atom stereocenters. The van der Waals surface area contributed by atoms with Crippen molar-refractivity contribution in [3.05, 3.63) is 65.0 Å². The van der Waals surface area contributed by atoms with E-state index in [2.05, 4.69) is 16.3 Å². The summed E-state index contributed by atoms with van der Waals surface area (Å²) in [5.41, 5.74) is 3.01. The summed E-state index contributed by atoms with van der Waals surface area (Å²) in [5.74, 6) is 1.42. The van der Waals surface area contributed by atoms with Gasteiger partial charge in [0.1, 0.15) is 13.2 Å². The quantitative estimate of drug-likeness (QED) is 0.647. The van der Waals surface area contributed by atoms with Crippen LogP contribution < -0.4 is 14.8 Å². The number of hydrogen-bond donors (Lipinski definition) is 1. The number of nitrogens with one attached hydrogen (secondary N) is 1. The highest BCUT2D eigenvalue weighted by Crippen LogP contribution is 2.37. The first-order valence-corrected chi connectivity index (χ1v) is 11.3. The summed E-state index contributed by atoms with van der Waals surface area (Å²) < 4.78 is 16.7. The fraction of sp³-hybridized carbons (Fsp3) is 0.292. The number of amides is 1. The highest BCUT2D eigenvalue weighted by Gasteiger charge is 2.16. The molecule has 6 nitrogen and oxygen atoms in total. The van der Waals surface area contributed by atoms with Gasteiger partial charge in [-0.2, -0.15) is 0 Å². The molecule has 1 aromatic heterocycles. The largest absolute Gasteiger partial charge is 0.486 e. The zero-order valence-electron chi connectivity index (χ0n) is 17.1. The second-order valence-electron chi connectivity index (χ2n) is 7.57. The van der Waals surface area contributed by atoms with E-state index in [-0.39, 0.29) is 5.91 Å². The third kappa shape index (κ3) is 4.74. The molecule has 1 amide bonds. The van der Waals surface area contributed by atoms with Crippen molar-refractivity contribution in [1.29, 1.82) is 0 Å². The number of carbonyl (C=O) groups excluding carboxylic acids is 1. The summed E-state index contributed by atoms with van der Waals surface area (Å²) in [5, 5.41) is 3.03. The summed E-state index contributed by atoms with van der Waals surface area (Å²) >= 11 is 1.47. The van der Waals surface area contributed by atoms with Crippen LogP contribution in [-0.2, 0) is 11.3 Å². The van der Waals surface area contributed by atoms with E-state index in [0.717, 1.165) is 60.5 Å². The molecule has 5 rings (SSSR count). The summed E-state index contributed by atoms with van der Waals surface area (Å²) in [6.07, 6.45) is 0. The molecule has 0 spiro atoms. The zero-order chi connectivity index (χ0) is 21.0. The lowest BCUT2D eigenvalue weighted by Crippen LogP contribution is -2.35. The van der Waals surface area contributed by atoms with Crippen LogP contribution in [0.2, 0.25) is 0 Å². The second kappa shape index (κ2) is 9.09. The molecule has 0 aliphatic carbocycles. The molecule has 1 N–H and O–H groups in total. The molecule has 0 bridgehead atoms. The van der Waals surface area contributed by atoms with Crippen LogP contribution in [0.25, 0.3) is 10.4 Å². The number of thiophene rings is 1. The van der Waals surface area contributed by atoms with Crippen LogP contribution in [0.3, 0.4) is 0 Å². The van der Waals surface area contributed by atoms with Crippen LogP contribution in [-0.4, -0.2) is 50.3 Å². The predicted molar refractivity (Wildman–Crippen MR) is 121 cm³/mol. The van der Waals surface area contributed by atoms with Gasteiger partial charge in [-0.05, 0) is 53.6 Å². The van der Waals surface area contributed by atoms with E-state index in [4.69, 9.17) is 14.2 Å². The minimum absolute atomic E-state index is 0.0997. The molecular weight excluding hydrogens is 412 g/mol. The fourth-order valence-electron chi connectivity index (χ4n) is 3.77. The first-order chi connectivity index (χ1) is 15.2. The van der Waals surface area contributed by atoms with E-state index in [1.807, 2.05) is 48.5 Å². The van der Waals surface area contributed by atoms with Crippen molar-refractivity contribution in [2.24, 2.45) is 0 Å². The lowest BCUT2D eigenvalue weighted by molar-refractivity contribution is 0.0342. The van der Waals surface area contributed by atoms with Crippen molar-refractivity contribution in [3.63, 3.8) is 0 Å². The first-order valence-electron chi connectivity index (χ1n) is 10.4. The van der Waals surface area contributed by atoms with Crippen LogP contribution in [0.1, 0.15) is 15.2 Å².